The fourth-order valence-electron chi connectivity index (χ4n) is 0.665. The number of nitrogens with zero attached hydrogens (tertiary/aromatic N) is 2. The van der Waals surface area contributed by atoms with Gasteiger partial charge in [0, 0.05) is 0 Å². The summed E-state index contributed by atoms with van der Waals surface area (Å²) >= 11 is 0. The number of carbonyl (C=O) groups is 1. The molecule has 0 aliphatic rings. The molecule has 0 spiro atoms. The zero-order chi connectivity index (χ0) is 10.4. The smallest absolute Gasteiger partial charge is 0.414 e. The summed E-state index contributed by atoms with van der Waals surface area (Å²) in [7, 11) is 1.40. The van der Waals surface area contributed by atoms with Crippen LogP contribution in [-0.2, 0) is 4.74 Å². The van der Waals surface area contributed by atoms with E-state index >= 15 is 0 Å². The van der Waals surface area contributed by atoms with Gasteiger partial charge >= 0.3 is 12.1 Å². The van der Waals surface area contributed by atoms with E-state index in [1.165, 1.54) is 7.11 Å². The Morgan fingerprint density at radius 3 is 3.07 bits per heavy atom. The summed E-state index contributed by atoms with van der Waals surface area (Å²) in [5.41, 5.74) is 0. The molecule has 3 N–H and O–H groups in total. The van der Waals surface area contributed by atoms with E-state index in [0.29, 0.717) is 0 Å². The van der Waals surface area contributed by atoms with E-state index in [1.54, 1.807) is 0 Å². The molecule has 1 aromatic rings. The third-order valence-electron chi connectivity index (χ3n) is 1.19. The van der Waals surface area contributed by atoms with Crippen LogP contribution in [0.25, 0.3) is 0 Å². The summed E-state index contributed by atoms with van der Waals surface area (Å²) in [6.07, 6.45) is -0.724. The maximum Gasteiger partial charge on any atom is 0.414 e. The molecule has 1 aromatic heterocycles. The Morgan fingerprint density at radius 2 is 2.50 bits per heavy atom. The molecule has 0 saturated carbocycles. The van der Waals surface area contributed by atoms with Crippen molar-refractivity contribution < 1.29 is 19.4 Å². The maximum absolute atomic E-state index is 10.9. The van der Waals surface area contributed by atoms with E-state index < -0.39 is 6.09 Å². The summed E-state index contributed by atoms with van der Waals surface area (Å²) < 4.78 is 9.18. The van der Waals surface area contributed by atoms with E-state index in [-0.39, 0.29) is 25.2 Å². The Morgan fingerprint density at radius 1 is 1.71 bits per heavy atom. The fraction of sp³-hybridized carbons (Fsp3) is 0.500. The van der Waals surface area contributed by atoms with Gasteiger partial charge in [0.1, 0.15) is 6.61 Å². The molecule has 1 amide bonds. The molecule has 14 heavy (non-hydrogen) atoms. The number of nitrogens with one attached hydrogen (secondary N) is 2. The second-order valence-corrected chi connectivity index (χ2v) is 2.16. The van der Waals surface area contributed by atoms with Crippen molar-refractivity contribution in [2.24, 2.45) is 0 Å². The van der Waals surface area contributed by atoms with Crippen LogP contribution in [0.1, 0.15) is 0 Å². The van der Waals surface area contributed by atoms with Gasteiger partial charge in [0.2, 0.25) is 5.95 Å². The van der Waals surface area contributed by atoms with E-state index in [1.807, 2.05) is 0 Å². The first-order valence-electron chi connectivity index (χ1n) is 3.77. The molecule has 0 unspecified atom stereocenters. The first-order valence-corrected chi connectivity index (χ1v) is 3.77. The van der Waals surface area contributed by atoms with Gasteiger partial charge in [0.05, 0.1) is 13.7 Å². The van der Waals surface area contributed by atoms with Crippen LogP contribution >= 0.6 is 0 Å². The van der Waals surface area contributed by atoms with Crippen molar-refractivity contribution >= 4 is 12.0 Å². The van der Waals surface area contributed by atoms with Crippen LogP contribution in [-0.4, -0.2) is 46.7 Å². The number of aromatic amines is 1. The zero-order valence-electron chi connectivity index (χ0n) is 7.48. The first-order chi connectivity index (χ1) is 6.76. The van der Waals surface area contributed by atoms with Crippen molar-refractivity contribution in [3.63, 3.8) is 0 Å². The quantitative estimate of drug-likeness (QED) is 0.598. The number of aliphatic hydroxyl groups is 1. The van der Waals surface area contributed by atoms with Crippen molar-refractivity contribution in [1.82, 2.24) is 15.2 Å². The number of aliphatic hydroxyl groups excluding tert-OH is 1. The van der Waals surface area contributed by atoms with Gasteiger partial charge in [0.15, 0.2) is 0 Å². The molecule has 8 nitrogen and oxygen atoms in total. The molecule has 0 bridgehead atoms. The zero-order valence-corrected chi connectivity index (χ0v) is 7.48. The van der Waals surface area contributed by atoms with Gasteiger partial charge in [-0.1, -0.05) is 0 Å². The third-order valence-corrected chi connectivity index (χ3v) is 1.19. The number of carbonyl (C=O) groups excluding carboxylic acids is 1. The Hall–Kier alpha value is -1.83. The molecule has 0 aromatic carbocycles. The summed E-state index contributed by atoms with van der Waals surface area (Å²) in [6.45, 7) is -0.301. The van der Waals surface area contributed by atoms with Crippen molar-refractivity contribution in [1.29, 1.82) is 0 Å². The standard InChI is InChI=1S/C6H10N4O4/c1-13-5-7-4(9-10-5)8-6(12)14-3-2-11/h11H,2-3H2,1H3,(H2,7,8,9,10,12). The summed E-state index contributed by atoms with van der Waals surface area (Å²) in [4.78, 5) is 14.6. The predicted octanol–water partition coefficient (Wildman–Crippen LogP) is -0.646. The minimum absolute atomic E-state index is 0.0723. The molecule has 1 rings (SSSR count). The topological polar surface area (TPSA) is 109 Å². The number of hydrogen-bond acceptors (Lipinski definition) is 6. The third kappa shape index (κ3) is 2.90. The lowest BCUT2D eigenvalue weighted by Crippen LogP contribution is -2.16. The minimum Gasteiger partial charge on any atom is -0.466 e. The van der Waals surface area contributed by atoms with Crippen LogP contribution in [0, 0.1) is 0 Å². The van der Waals surface area contributed by atoms with Crippen LogP contribution in [0.2, 0.25) is 0 Å². The largest absolute Gasteiger partial charge is 0.466 e. The predicted molar refractivity (Wildman–Crippen MR) is 45.0 cm³/mol. The summed E-state index contributed by atoms with van der Waals surface area (Å²) in [6, 6.07) is 0.113. The molecular formula is C6H10N4O4. The number of rotatable bonds is 4. The summed E-state index contributed by atoms with van der Waals surface area (Å²) in [5, 5.41) is 16.6. The second-order valence-electron chi connectivity index (χ2n) is 2.16. The highest BCUT2D eigenvalue weighted by molar-refractivity contribution is 5.82. The Kier molecular flexibility index (Phi) is 3.68. The molecule has 78 valence electrons. The summed E-state index contributed by atoms with van der Waals surface area (Å²) in [5.74, 6) is 0.116. The number of amides is 1. The number of methoxy groups -OCH3 is 1. The van der Waals surface area contributed by atoms with E-state index in [2.05, 4.69) is 30.0 Å². The SMILES string of the molecule is COc1n[nH]c(NC(=O)OCCO)n1. The molecule has 0 aliphatic carbocycles. The van der Waals surface area contributed by atoms with Crippen LogP contribution < -0.4 is 10.1 Å². The molecule has 0 saturated heterocycles. The molecule has 8 heteroatoms. The maximum atomic E-state index is 10.9. The van der Waals surface area contributed by atoms with Crippen LogP contribution in [0.4, 0.5) is 10.7 Å². The fourth-order valence-corrected chi connectivity index (χ4v) is 0.665. The van der Waals surface area contributed by atoms with Crippen molar-refractivity contribution in [2.75, 3.05) is 25.6 Å². The lowest BCUT2D eigenvalue weighted by Gasteiger charge is -2.01. The van der Waals surface area contributed by atoms with Gasteiger partial charge in [-0.15, -0.1) is 5.10 Å². The van der Waals surface area contributed by atoms with Crippen molar-refractivity contribution in [3.8, 4) is 6.01 Å². The van der Waals surface area contributed by atoms with Gasteiger partial charge in [-0.3, -0.25) is 5.32 Å². The lowest BCUT2D eigenvalue weighted by molar-refractivity contribution is 0.131. The molecule has 1 heterocycles. The number of hydrogen-bond donors (Lipinski definition) is 3. The molecule has 0 atom stereocenters. The van der Waals surface area contributed by atoms with Crippen molar-refractivity contribution in [2.45, 2.75) is 0 Å². The van der Waals surface area contributed by atoms with Gasteiger partial charge in [-0.2, -0.15) is 4.98 Å². The van der Waals surface area contributed by atoms with Gasteiger partial charge in [0.25, 0.3) is 0 Å². The minimum atomic E-state index is -0.724. The average Bonchev–Trinajstić information content (AvgIpc) is 2.62. The second kappa shape index (κ2) is 5.02. The van der Waals surface area contributed by atoms with Gasteiger partial charge in [-0.25, -0.2) is 9.89 Å². The highest BCUT2D eigenvalue weighted by atomic mass is 16.6. The number of H-pyrrole nitrogens is 1. The Labute approximate surface area is 79.2 Å². The normalized spacial score (nSPS) is 9.57. The van der Waals surface area contributed by atoms with Crippen molar-refractivity contribution in [3.05, 3.63) is 0 Å². The van der Waals surface area contributed by atoms with E-state index in [4.69, 9.17) is 5.11 Å². The number of aromatic nitrogens is 3. The molecular weight excluding hydrogens is 192 g/mol. The molecule has 0 fully saturated rings. The monoisotopic (exact) mass is 202 g/mol. The Balaban J connectivity index is 2.39. The lowest BCUT2D eigenvalue weighted by atomic mass is 10.8. The van der Waals surface area contributed by atoms with Gasteiger partial charge in [-0.05, 0) is 0 Å². The molecule has 0 aliphatic heterocycles. The number of ether oxygens (including phenoxy) is 2. The van der Waals surface area contributed by atoms with E-state index in [9.17, 15) is 4.79 Å². The Bertz CT molecular complexity index is 300. The molecule has 0 radical (unpaired) electrons. The average molecular weight is 202 g/mol. The first kappa shape index (κ1) is 10.3. The highest BCUT2D eigenvalue weighted by Gasteiger charge is 2.07. The highest BCUT2D eigenvalue weighted by Crippen LogP contribution is 2.04. The van der Waals surface area contributed by atoms with E-state index in [0.717, 1.165) is 0 Å². The van der Waals surface area contributed by atoms with Crippen LogP contribution in [0.15, 0.2) is 0 Å². The van der Waals surface area contributed by atoms with Gasteiger partial charge < -0.3 is 14.6 Å². The van der Waals surface area contributed by atoms with Crippen LogP contribution in [0.3, 0.4) is 0 Å². The van der Waals surface area contributed by atoms with Crippen LogP contribution in [0.5, 0.6) is 6.01 Å². The number of anilines is 1.